The van der Waals surface area contributed by atoms with Crippen molar-refractivity contribution in [1.82, 2.24) is 14.4 Å². The minimum absolute atomic E-state index is 0.0923. The standard InChI is InChI=1S/C20H29N3O2/c1-20(2,3)18(24)14-22-9-11-23(12-10-22)19(25)17-13-15-7-5-6-8-16(15)21(17)4/h5-8,13,18,24H,9-12,14H2,1-4H3/t18-/m0/s1. The topological polar surface area (TPSA) is 48.7 Å². The van der Waals surface area contributed by atoms with Crippen molar-refractivity contribution in [3.05, 3.63) is 36.0 Å². The Balaban J connectivity index is 1.64. The first-order chi connectivity index (χ1) is 11.8. The third-order valence-electron chi connectivity index (χ3n) is 5.26. The maximum absolute atomic E-state index is 12.9. The molecule has 5 heteroatoms. The van der Waals surface area contributed by atoms with E-state index in [0.717, 1.165) is 29.7 Å². The fraction of sp³-hybridized carbons (Fsp3) is 0.550. The monoisotopic (exact) mass is 343 g/mol. The second kappa shape index (κ2) is 6.81. The lowest BCUT2D eigenvalue weighted by molar-refractivity contribution is 0.0135. The normalized spacial score (nSPS) is 17.9. The molecule has 1 aliphatic rings. The molecule has 25 heavy (non-hydrogen) atoms. The van der Waals surface area contributed by atoms with Crippen LogP contribution in [0.3, 0.4) is 0 Å². The highest BCUT2D eigenvalue weighted by atomic mass is 16.3. The number of aliphatic hydroxyl groups excluding tert-OH is 1. The average Bonchev–Trinajstić information content (AvgIpc) is 2.91. The molecule has 1 fully saturated rings. The van der Waals surface area contributed by atoms with Gasteiger partial charge in [0.2, 0.25) is 0 Å². The summed E-state index contributed by atoms with van der Waals surface area (Å²) in [6.07, 6.45) is -0.354. The molecule has 1 aliphatic heterocycles. The number of aromatic nitrogens is 1. The van der Waals surface area contributed by atoms with E-state index in [-0.39, 0.29) is 17.4 Å². The average molecular weight is 343 g/mol. The molecule has 1 saturated heterocycles. The molecule has 0 radical (unpaired) electrons. The Morgan fingerprint density at radius 3 is 2.40 bits per heavy atom. The lowest BCUT2D eigenvalue weighted by Gasteiger charge is -2.38. The molecule has 1 aromatic heterocycles. The second-order valence-electron chi connectivity index (χ2n) is 8.12. The van der Waals surface area contributed by atoms with Crippen molar-refractivity contribution in [2.45, 2.75) is 26.9 Å². The minimum Gasteiger partial charge on any atom is -0.391 e. The molecule has 2 aromatic rings. The molecule has 0 spiro atoms. The van der Waals surface area contributed by atoms with Crippen molar-refractivity contribution in [2.24, 2.45) is 12.5 Å². The number of amides is 1. The Bertz CT molecular complexity index is 752. The van der Waals surface area contributed by atoms with Gasteiger partial charge in [-0.05, 0) is 17.5 Å². The number of nitrogens with zero attached hydrogens (tertiary/aromatic N) is 3. The highest BCUT2D eigenvalue weighted by Crippen LogP contribution is 2.22. The van der Waals surface area contributed by atoms with Gasteiger partial charge in [0.1, 0.15) is 5.69 Å². The van der Waals surface area contributed by atoms with Crippen LogP contribution in [0.5, 0.6) is 0 Å². The first kappa shape index (κ1) is 18.0. The van der Waals surface area contributed by atoms with Crippen molar-refractivity contribution in [1.29, 1.82) is 0 Å². The lowest BCUT2D eigenvalue weighted by atomic mass is 9.89. The van der Waals surface area contributed by atoms with Gasteiger partial charge in [-0.25, -0.2) is 0 Å². The van der Waals surface area contributed by atoms with Gasteiger partial charge in [0, 0.05) is 50.7 Å². The van der Waals surface area contributed by atoms with Crippen molar-refractivity contribution in [3.63, 3.8) is 0 Å². The summed E-state index contributed by atoms with van der Waals surface area (Å²) in [4.78, 5) is 17.1. The number of fused-ring (bicyclic) bond motifs is 1. The minimum atomic E-state index is -0.354. The number of carbonyl (C=O) groups excluding carboxylic acids is 1. The summed E-state index contributed by atoms with van der Waals surface area (Å²) in [5.41, 5.74) is 1.71. The maximum atomic E-state index is 12.9. The summed E-state index contributed by atoms with van der Waals surface area (Å²) in [5, 5.41) is 11.4. The van der Waals surface area contributed by atoms with Crippen LogP contribution in [0.4, 0.5) is 0 Å². The van der Waals surface area contributed by atoms with E-state index >= 15 is 0 Å². The van der Waals surface area contributed by atoms with Crippen LogP contribution in [0.15, 0.2) is 30.3 Å². The molecule has 1 aromatic carbocycles. The largest absolute Gasteiger partial charge is 0.391 e. The van der Waals surface area contributed by atoms with Crippen LogP contribution in [0.2, 0.25) is 0 Å². The van der Waals surface area contributed by atoms with Crippen molar-refractivity contribution >= 4 is 16.8 Å². The number of carbonyl (C=O) groups is 1. The Morgan fingerprint density at radius 2 is 1.80 bits per heavy atom. The fourth-order valence-corrected chi connectivity index (χ4v) is 3.31. The number of benzene rings is 1. The molecule has 1 atom stereocenters. The zero-order valence-electron chi connectivity index (χ0n) is 15.7. The van der Waals surface area contributed by atoms with Crippen LogP contribution in [-0.2, 0) is 7.05 Å². The van der Waals surface area contributed by atoms with Crippen molar-refractivity contribution in [3.8, 4) is 0 Å². The predicted octanol–water partition coefficient (Wildman–Crippen LogP) is 2.34. The van der Waals surface area contributed by atoms with E-state index < -0.39 is 0 Å². The van der Waals surface area contributed by atoms with Gasteiger partial charge in [-0.1, -0.05) is 39.0 Å². The van der Waals surface area contributed by atoms with E-state index in [1.807, 2.05) is 46.8 Å². The molecule has 0 unspecified atom stereocenters. The highest BCUT2D eigenvalue weighted by molar-refractivity contribution is 5.98. The molecule has 5 nitrogen and oxygen atoms in total. The van der Waals surface area contributed by atoms with Crippen LogP contribution in [0.1, 0.15) is 31.3 Å². The Kier molecular flexibility index (Phi) is 4.89. The van der Waals surface area contributed by atoms with Gasteiger partial charge in [-0.2, -0.15) is 0 Å². The third-order valence-corrected chi connectivity index (χ3v) is 5.26. The molecule has 2 heterocycles. The number of β-amino-alcohol motifs (C(OH)–C–C–N with tert-alkyl or cyclic N) is 1. The van der Waals surface area contributed by atoms with Gasteiger partial charge in [0.15, 0.2) is 0 Å². The van der Waals surface area contributed by atoms with Crippen LogP contribution >= 0.6 is 0 Å². The summed E-state index contributed by atoms with van der Waals surface area (Å²) in [6, 6.07) is 10.1. The first-order valence-corrected chi connectivity index (χ1v) is 9.01. The van der Waals surface area contributed by atoms with Crippen LogP contribution < -0.4 is 0 Å². The fourth-order valence-electron chi connectivity index (χ4n) is 3.31. The van der Waals surface area contributed by atoms with E-state index in [0.29, 0.717) is 19.6 Å². The quantitative estimate of drug-likeness (QED) is 0.931. The van der Waals surface area contributed by atoms with E-state index in [9.17, 15) is 9.90 Å². The van der Waals surface area contributed by atoms with Gasteiger partial charge in [-0.3, -0.25) is 9.69 Å². The summed E-state index contributed by atoms with van der Waals surface area (Å²) >= 11 is 0. The predicted molar refractivity (Wildman–Crippen MR) is 101 cm³/mol. The van der Waals surface area contributed by atoms with E-state index in [1.54, 1.807) is 0 Å². The Hall–Kier alpha value is -1.85. The smallest absolute Gasteiger partial charge is 0.270 e. The number of hydrogen-bond acceptors (Lipinski definition) is 3. The van der Waals surface area contributed by atoms with Gasteiger partial charge in [0.25, 0.3) is 5.91 Å². The van der Waals surface area contributed by atoms with Crippen molar-refractivity contribution in [2.75, 3.05) is 32.7 Å². The maximum Gasteiger partial charge on any atom is 0.270 e. The summed E-state index contributed by atoms with van der Waals surface area (Å²) < 4.78 is 1.98. The number of hydrogen-bond donors (Lipinski definition) is 1. The molecular formula is C20H29N3O2. The van der Waals surface area contributed by atoms with Gasteiger partial charge >= 0.3 is 0 Å². The number of aliphatic hydroxyl groups is 1. The van der Waals surface area contributed by atoms with Gasteiger partial charge in [-0.15, -0.1) is 0 Å². The van der Waals surface area contributed by atoms with Gasteiger partial charge < -0.3 is 14.6 Å². The SMILES string of the molecule is Cn1c(C(=O)N2CCN(C[C@H](O)C(C)(C)C)CC2)cc2ccccc21. The molecule has 0 aliphatic carbocycles. The molecule has 136 valence electrons. The summed E-state index contributed by atoms with van der Waals surface area (Å²) in [5.74, 6) is 0.0923. The Morgan fingerprint density at radius 1 is 1.16 bits per heavy atom. The zero-order chi connectivity index (χ0) is 18.2. The third kappa shape index (κ3) is 3.72. The van der Waals surface area contributed by atoms with E-state index in [2.05, 4.69) is 25.7 Å². The number of piperazine rings is 1. The number of rotatable bonds is 3. The summed E-state index contributed by atoms with van der Waals surface area (Å²) in [6.45, 7) is 9.85. The van der Waals surface area contributed by atoms with Crippen LogP contribution in [0, 0.1) is 5.41 Å². The number of para-hydroxylation sites is 1. The van der Waals surface area contributed by atoms with Crippen LogP contribution in [-0.4, -0.2) is 64.2 Å². The highest BCUT2D eigenvalue weighted by Gasteiger charge is 2.28. The van der Waals surface area contributed by atoms with E-state index in [4.69, 9.17) is 0 Å². The lowest BCUT2D eigenvalue weighted by Crippen LogP contribution is -2.51. The molecule has 0 saturated carbocycles. The molecule has 1 amide bonds. The van der Waals surface area contributed by atoms with Gasteiger partial charge in [0.05, 0.1) is 6.10 Å². The van der Waals surface area contributed by atoms with Crippen LogP contribution in [0.25, 0.3) is 10.9 Å². The van der Waals surface area contributed by atoms with E-state index in [1.165, 1.54) is 0 Å². The summed E-state index contributed by atoms with van der Waals surface area (Å²) in [7, 11) is 1.95. The molecule has 3 rings (SSSR count). The van der Waals surface area contributed by atoms with Crippen molar-refractivity contribution < 1.29 is 9.90 Å². The second-order valence-corrected chi connectivity index (χ2v) is 8.12. The zero-order valence-corrected chi connectivity index (χ0v) is 15.7. The molecule has 1 N–H and O–H groups in total. The molecule has 0 bridgehead atoms. The molecular weight excluding hydrogens is 314 g/mol. The number of aryl methyl sites for hydroxylation is 1. The Labute approximate surface area is 149 Å². The first-order valence-electron chi connectivity index (χ1n) is 9.01.